The molecule has 0 saturated carbocycles. The highest BCUT2D eigenvalue weighted by Gasteiger charge is 2.49. The summed E-state index contributed by atoms with van der Waals surface area (Å²) in [6, 6.07) is 18.7. The maximum Gasteiger partial charge on any atom is 0.251 e. The minimum atomic E-state index is -1.01. The topological polar surface area (TPSA) is 49.4 Å². The number of rotatable bonds is 3. The van der Waals surface area contributed by atoms with E-state index in [1.165, 1.54) is 0 Å². The van der Waals surface area contributed by atoms with E-state index in [1.807, 2.05) is 67.6 Å². The van der Waals surface area contributed by atoms with Gasteiger partial charge in [-0.3, -0.25) is 9.59 Å². The van der Waals surface area contributed by atoms with E-state index >= 15 is 0 Å². The average Bonchev–Trinajstić information content (AvgIpc) is 2.59. The Kier molecular flexibility index (Phi) is 3.90. The van der Waals surface area contributed by atoms with Crippen LogP contribution in [0.1, 0.15) is 25.0 Å². The van der Waals surface area contributed by atoms with Gasteiger partial charge in [0.25, 0.3) is 5.91 Å². The van der Waals surface area contributed by atoms with E-state index in [4.69, 9.17) is 0 Å². The Labute approximate surface area is 136 Å². The Balaban J connectivity index is 2.06. The first-order valence-electron chi connectivity index (χ1n) is 7.75. The Morgan fingerprint density at radius 1 is 1.00 bits per heavy atom. The van der Waals surface area contributed by atoms with Gasteiger partial charge in [-0.15, -0.1) is 0 Å². The van der Waals surface area contributed by atoms with Gasteiger partial charge in [-0.05, 0) is 25.0 Å². The molecule has 2 aromatic rings. The summed E-state index contributed by atoms with van der Waals surface area (Å²) in [7, 11) is 0. The molecule has 1 fully saturated rings. The van der Waals surface area contributed by atoms with Crippen molar-refractivity contribution < 1.29 is 9.59 Å². The number of nitrogens with one attached hydrogen (secondary N) is 1. The lowest BCUT2D eigenvalue weighted by Gasteiger charge is -2.46. The predicted octanol–water partition coefficient (Wildman–Crippen LogP) is 2.45. The fourth-order valence-electron chi connectivity index (χ4n) is 3.03. The van der Waals surface area contributed by atoms with Gasteiger partial charge in [0.2, 0.25) is 5.91 Å². The van der Waals surface area contributed by atoms with Crippen LogP contribution < -0.4 is 5.32 Å². The van der Waals surface area contributed by atoms with Crippen LogP contribution in [0, 0.1) is 0 Å². The van der Waals surface area contributed by atoms with Gasteiger partial charge < -0.3 is 10.2 Å². The lowest BCUT2D eigenvalue weighted by atomic mass is 9.85. The van der Waals surface area contributed by atoms with Crippen LogP contribution in [0.3, 0.4) is 0 Å². The summed E-state index contributed by atoms with van der Waals surface area (Å²) in [5.74, 6) is -0.216. The van der Waals surface area contributed by atoms with Crippen molar-refractivity contribution in [2.75, 3.05) is 0 Å². The summed E-state index contributed by atoms with van der Waals surface area (Å²) in [6.45, 7) is 3.94. The van der Waals surface area contributed by atoms with Gasteiger partial charge in [-0.2, -0.15) is 0 Å². The monoisotopic (exact) mass is 308 g/mol. The lowest BCUT2D eigenvalue weighted by molar-refractivity contribution is -0.157. The van der Waals surface area contributed by atoms with E-state index in [0.29, 0.717) is 6.54 Å². The molecule has 1 saturated heterocycles. The third-order valence-corrected chi connectivity index (χ3v) is 4.49. The Hall–Kier alpha value is -2.62. The smallest absolute Gasteiger partial charge is 0.251 e. The molecule has 4 heteroatoms. The third kappa shape index (κ3) is 2.61. The predicted molar refractivity (Wildman–Crippen MR) is 88.4 cm³/mol. The van der Waals surface area contributed by atoms with Crippen molar-refractivity contribution in [2.45, 2.75) is 32.0 Å². The van der Waals surface area contributed by atoms with Crippen LogP contribution in [0.4, 0.5) is 0 Å². The van der Waals surface area contributed by atoms with Gasteiger partial charge in [0.05, 0.1) is 0 Å². The zero-order valence-corrected chi connectivity index (χ0v) is 13.3. The average molecular weight is 308 g/mol. The van der Waals surface area contributed by atoms with Crippen LogP contribution in [0.5, 0.6) is 0 Å². The molecule has 4 nitrogen and oxygen atoms in total. The van der Waals surface area contributed by atoms with Crippen molar-refractivity contribution in [2.24, 2.45) is 0 Å². The zero-order valence-electron chi connectivity index (χ0n) is 13.3. The Morgan fingerprint density at radius 3 is 2.17 bits per heavy atom. The molecular weight excluding hydrogens is 288 g/mol. The van der Waals surface area contributed by atoms with Crippen molar-refractivity contribution in [3.05, 3.63) is 71.8 Å². The number of hydrogen-bond acceptors (Lipinski definition) is 2. The number of benzene rings is 2. The second-order valence-corrected chi connectivity index (χ2v) is 6.04. The number of hydrogen-bond donors (Lipinski definition) is 1. The molecule has 0 bridgehead atoms. The molecule has 2 aromatic carbocycles. The van der Waals surface area contributed by atoms with E-state index in [2.05, 4.69) is 5.32 Å². The van der Waals surface area contributed by atoms with Crippen LogP contribution >= 0.6 is 0 Å². The molecule has 23 heavy (non-hydrogen) atoms. The SMILES string of the molecule is CC1NC(=O)C(C)(c2ccccc2)N(Cc2ccccc2)C1=O. The molecule has 1 N–H and O–H groups in total. The minimum absolute atomic E-state index is 0.0696. The summed E-state index contributed by atoms with van der Waals surface area (Å²) >= 11 is 0. The van der Waals surface area contributed by atoms with Gasteiger partial charge in [-0.1, -0.05) is 60.7 Å². The molecule has 3 rings (SSSR count). The summed E-state index contributed by atoms with van der Waals surface area (Å²) in [5.41, 5.74) is 0.805. The van der Waals surface area contributed by atoms with Gasteiger partial charge in [0, 0.05) is 6.54 Å². The molecule has 0 radical (unpaired) electrons. The number of amides is 2. The maximum atomic E-state index is 12.8. The highest BCUT2D eigenvalue weighted by molar-refractivity contribution is 5.99. The van der Waals surface area contributed by atoms with Crippen LogP contribution in [0.2, 0.25) is 0 Å². The second kappa shape index (κ2) is 5.88. The first kappa shape index (κ1) is 15.3. The molecular formula is C19H20N2O2. The number of carbonyl (C=O) groups excluding carboxylic acids is 2. The van der Waals surface area contributed by atoms with Gasteiger partial charge in [0.1, 0.15) is 11.6 Å². The van der Waals surface area contributed by atoms with E-state index in [-0.39, 0.29) is 11.8 Å². The first-order valence-corrected chi connectivity index (χ1v) is 7.75. The van der Waals surface area contributed by atoms with E-state index in [0.717, 1.165) is 11.1 Å². The fourth-order valence-corrected chi connectivity index (χ4v) is 3.03. The van der Waals surface area contributed by atoms with Crippen LogP contribution in [-0.4, -0.2) is 22.8 Å². The van der Waals surface area contributed by atoms with E-state index < -0.39 is 11.6 Å². The maximum absolute atomic E-state index is 12.8. The second-order valence-electron chi connectivity index (χ2n) is 6.04. The largest absolute Gasteiger partial charge is 0.342 e. The zero-order chi connectivity index (χ0) is 16.4. The van der Waals surface area contributed by atoms with Gasteiger partial charge in [0.15, 0.2) is 0 Å². The van der Waals surface area contributed by atoms with Crippen molar-refractivity contribution in [3.63, 3.8) is 0 Å². The first-order chi connectivity index (χ1) is 11.0. The van der Waals surface area contributed by atoms with E-state index in [1.54, 1.807) is 11.8 Å². The molecule has 1 heterocycles. The minimum Gasteiger partial charge on any atom is -0.342 e. The molecule has 0 aromatic heterocycles. The van der Waals surface area contributed by atoms with Crippen LogP contribution in [0.25, 0.3) is 0 Å². The normalized spacial score (nSPS) is 24.4. The number of nitrogens with zero attached hydrogens (tertiary/aromatic N) is 1. The highest BCUT2D eigenvalue weighted by atomic mass is 16.2. The van der Waals surface area contributed by atoms with Crippen molar-refractivity contribution in [1.82, 2.24) is 10.2 Å². The van der Waals surface area contributed by atoms with Crippen molar-refractivity contribution in [3.8, 4) is 0 Å². The highest BCUT2D eigenvalue weighted by Crippen LogP contribution is 2.33. The summed E-state index contributed by atoms with van der Waals surface area (Å²) < 4.78 is 0. The van der Waals surface area contributed by atoms with E-state index in [9.17, 15) is 9.59 Å². The lowest BCUT2D eigenvalue weighted by Crippen LogP contribution is -2.66. The number of piperazine rings is 1. The molecule has 1 aliphatic rings. The fraction of sp³-hybridized carbons (Fsp3) is 0.263. The van der Waals surface area contributed by atoms with Crippen molar-refractivity contribution >= 4 is 11.8 Å². The molecule has 1 aliphatic heterocycles. The molecule has 2 unspecified atom stereocenters. The quantitative estimate of drug-likeness (QED) is 0.947. The summed E-state index contributed by atoms with van der Waals surface area (Å²) in [6.07, 6.45) is 0. The summed E-state index contributed by atoms with van der Waals surface area (Å²) in [5, 5.41) is 2.80. The standard InChI is InChI=1S/C19H20N2O2/c1-14-17(22)21(13-15-9-5-3-6-10-15)19(2,18(23)20-14)16-11-7-4-8-12-16/h3-12,14H,13H2,1-2H3,(H,20,23). The molecule has 118 valence electrons. The summed E-state index contributed by atoms with van der Waals surface area (Å²) in [4.78, 5) is 27.2. The van der Waals surface area contributed by atoms with Crippen molar-refractivity contribution in [1.29, 1.82) is 0 Å². The molecule has 0 spiro atoms. The molecule has 0 aliphatic carbocycles. The Bertz CT molecular complexity index is 715. The number of carbonyl (C=O) groups is 2. The molecule has 2 amide bonds. The van der Waals surface area contributed by atoms with Crippen LogP contribution in [-0.2, 0) is 21.7 Å². The van der Waals surface area contributed by atoms with Gasteiger partial charge >= 0.3 is 0 Å². The van der Waals surface area contributed by atoms with Gasteiger partial charge in [-0.25, -0.2) is 0 Å². The third-order valence-electron chi connectivity index (χ3n) is 4.49. The van der Waals surface area contributed by atoms with Crippen LogP contribution in [0.15, 0.2) is 60.7 Å². The Morgan fingerprint density at radius 2 is 1.57 bits per heavy atom. The molecule has 2 atom stereocenters.